The largest absolute Gasteiger partial charge is 0.475 e. The van der Waals surface area contributed by atoms with E-state index in [0.29, 0.717) is 37.4 Å². The van der Waals surface area contributed by atoms with Gasteiger partial charge >= 0.3 is 0 Å². The van der Waals surface area contributed by atoms with Gasteiger partial charge in [0.15, 0.2) is 0 Å². The minimum absolute atomic E-state index is 0.0449. The second kappa shape index (κ2) is 10.9. The summed E-state index contributed by atoms with van der Waals surface area (Å²) in [4.78, 5) is 31.1. The minimum atomic E-state index is -4.09. The van der Waals surface area contributed by atoms with Gasteiger partial charge in [-0.15, -0.1) is 0 Å². The fourth-order valence-electron chi connectivity index (χ4n) is 5.41. The molecular formula is C30H30N6O4S. The number of piperazine rings is 1. The Kier molecular flexibility index (Phi) is 7.14. The van der Waals surface area contributed by atoms with Gasteiger partial charge in [0, 0.05) is 49.6 Å². The van der Waals surface area contributed by atoms with Crippen molar-refractivity contribution in [2.24, 2.45) is 0 Å². The number of nitrogens with zero attached hydrogens (tertiary/aromatic N) is 5. The highest BCUT2D eigenvalue weighted by molar-refractivity contribution is 7.92. The number of aromatic nitrogens is 3. The van der Waals surface area contributed by atoms with Crippen LogP contribution in [0.5, 0.6) is 5.88 Å². The molecule has 0 saturated carbocycles. The second-order valence-electron chi connectivity index (χ2n) is 10.3. The van der Waals surface area contributed by atoms with E-state index in [0.717, 1.165) is 22.4 Å². The number of hydrogen-bond donors (Lipinski definition) is 1. The summed E-state index contributed by atoms with van der Waals surface area (Å²) >= 11 is 0. The third kappa shape index (κ3) is 5.63. The molecule has 2 aliphatic rings. The molecule has 41 heavy (non-hydrogen) atoms. The molecule has 2 aromatic carbocycles. The molecule has 0 radical (unpaired) electrons. The highest BCUT2D eigenvalue weighted by Crippen LogP contribution is 2.30. The van der Waals surface area contributed by atoms with Crippen molar-refractivity contribution in [3.8, 4) is 17.1 Å². The molecule has 4 heterocycles. The average Bonchev–Trinajstić information content (AvgIpc) is 2.96. The zero-order valence-corrected chi connectivity index (χ0v) is 23.6. The van der Waals surface area contributed by atoms with E-state index in [1.807, 2.05) is 50.2 Å². The average molecular weight is 571 g/mol. The summed E-state index contributed by atoms with van der Waals surface area (Å²) in [5.74, 6) is -0.134. The first-order valence-corrected chi connectivity index (χ1v) is 14.9. The SMILES string of the molecule is Cc1cccc(C)c1-c1cc2nc(n1)NS(=O)(=O)c1cccc(c1)C(=O)N1CCN(Cc3ccccn3)C[C@@H]1CO2. The van der Waals surface area contributed by atoms with Crippen LogP contribution in [0.3, 0.4) is 0 Å². The van der Waals surface area contributed by atoms with Gasteiger partial charge in [0.1, 0.15) is 6.61 Å². The molecule has 1 atom stereocenters. The van der Waals surface area contributed by atoms with E-state index in [9.17, 15) is 13.2 Å². The van der Waals surface area contributed by atoms with Gasteiger partial charge in [-0.05, 0) is 55.3 Å². The Bertz CT molecular complexity index is 1690. The van der Waals surface area contributed by atoms with E-state index >= 15 is 0 Å². The number of pyridine rings is 1. The van der Waals surface area contributed by atoms with Crippen LogP contribution in [0.15, 0.2) is 77.8 Å². The van der Waals surface area contributed by atoms with Crippen molar-refractivity contribution < 1.29 is 17.9 Å². The minimum Gasteiger partial charge on any atom is -0.475 e. The number of nitrogens with one attached hydrogen (secondary N) is 1. The molecule has 4 bridgehead atoms. The lowest BCUT2D eigenvalue weighted by molar-refractivity contribution is 0.0307. The summed E-state index contributed by atoms with van der Waals surface area (Å²) in [6.07, 6.45) is 1.77. The van der Waals surface area contributed by atoms with Crippen molar-refractivity contribution in [2.75, 3.05) is 31.0 Å². The molecule has 6 rings (SSSR count). The van der Waals surface area contributed by atoms with Crippen LogP contribution in [0.4, 0.5) is 5.95 Å². The first-order chi connectivity index (χ1) is 19.8. The fourth-order valence-corrected chi connectivity index (χ4v) is 6.40. The summed E-state index contributed by atoms with van der Waals surface area (Å²) < 4.78 is 35.5. The number of rotatable bonds is 3. The lowest BCUT2D eigenvalue weighted by Crippen LogP contribution is -2.57. The molecular weight excluding hydrogens is 540 g/mol. The van der Waals surface area contributed by atoms with Crippen LogP contribution in [0, 0.1) is 13.8 Å². The number of fused-ring (bicyclic) bond motifs is 5. The predicted octanol–water partition coefficient (Wildman–Crippen LogP) is 3.68. The molecule has 4 aromatic rings. The molecule has 0 spiro atoms. The summed E-state index contributed by atoms with van der Waals surface area (Å²) in [7, 11) is -4.09. The van der Waals surface area contributed by atoms with Crippen molar-refractivity contribution in [2.45, 2.75) is 31.3 Å². The Hall–Kier alpha value is -4.35. The third-order valence-electron chi connectivity index (χ3n) is 7.42. The standard InChI is InChI=1S/C30H30N6O4S/c1-20-7-5-8-21(2)28(20)26-16-27-33-30(32-26)34-41(38,39)25-11-6-9-22(15-25)29(37)36-14-13-35(18-24(36)19-40-27)17-23-10-3-4-12-31-23/h3-12,15-16,24H,13-14,17-19H2,1-2H3,(H,32,33,34)/t24-/m1/s1. The number of sulfonamides is 1. The Morgan fingerprint density at radius 1 is 0.976 bits per heavy atom. The lowest BCUT2D eigenvalue weighted by Gasteiger charge is -2.41. The zero-order valence-electron chi connectivity index (χ0n) is 22.8. The summed E-state index contributed by atoms with van der Waals surface area (Å²) in [6.45, 7) is 6.42. The van der Waals surface area contributed by atoms with E-state index in [2.05, 4.69) is 24.6 Å². The number of anilines is 1. The number of carbonyl (C=O) groups excluding carboxylic acids is 1. The van der Waals surface area contributed by atoms with Gasteiger partial charge in [-0.25, -0.2) is 18.1 Å². The fraction of sp³-hybridized carbons (Fsp3) is 0.267. The molecule has 1 saturated heterocycles. The van der Waals surface area contributed by atoms with Crippen molar-refractivity contribution in [3.05, 3.63) is 95.3 Å². The van der Waals surface area contributed by atoms with Crippen molar-refractivity contribution in [1.29, 1.82) is 0 Å². The topological polar surface area (TPSA) is 118 Å². The Labute approximate surface area is 239 Å². The molecule has 210 valence electrons. The van der Waals surface area contributed by atoms with Crippen molar-refractivity contribution in [1.82, 2.24) is 24.8 Å². The maximum absolute atomic E-state index is 13.7. The van der Waals surface area contributed by atoms with E-state index in [-0.39, 0.29) is 35.3 Å². The van der Waals surface area contributed by atoms with Gasteiger partial charge in [-0.1, -0.05) is 30.3 Å². The molecule has 11 heteroatoms. The maximum Gasteiger partial charge on any atom is 0.264 e. The first-order valence-electron chi connectivity index (χ1n) is 13.4. The van der Waals surface area contributed by atoms with Crippen LogP contribution in [-0.2, 0) is 16.6 Å². The van der Waals surface area contributed by atoms with Crippen LogP contribution >= 0.6 is 0 Å². The molecule has 2 aliphatic heterocycles. The highest BCUT2D eigenvalue weighted by Gasteiger charge is 2.33. The van der Waals surface area contributed by atoms with Crippen LogP contribution < -0.4 is 9.46 Å². The molecule has 1 amide bonds. The number of ether oxygens (including phenoxy) is 1. The molecule has 1 N–H and O–H groups in total. The Balaban J connectivity index is 1.41. The van der Waals surface area contributed by atoms with Crippen LogP contribution in [0.1, 0.15) is 27.2 Å². The molecule has 0 aliphatic carbocycles. The smallest absolute Gasteiger partial charge is 0.264 e. The van der Waals surface area contributed by atoms with Crippen molar-refractivity contribution in [3.63, 3.8) is 0 Å². The summed E-state index contributed by atoms with van der Waals surface area (Å²) in [5.41, 5.74) is 4.63. The van der Waals surface area contributed by atoms with Crippen LogP contribution in [-0.4, -0.2) is 71.4 Å². The Morgan fingerprint density at radius 2 is 1.78 bits per heavy atom. The maximum atomic E-state index is 13.7. The number of carbonyl (C=O) groups is 1. The number of hydrogen-bond acceptors (Lipinski definition) is 8. The number of benzene rings is 2. The monoisotopic (exact) mass is 570 g/mol. The normalized spacial score (nSPS) is 18.6. The van der Waals surface area contributed by atoms with Gasteiger partial charge in [0.25, 0.3) is 15.9 Å². The molecule has 10 nitrogen and oxygen atoms in total. The Morgan fingerprint density at radius 3 is 2.56 bits per heavy atom. The number of amides is 1. The zero-order chi connectivity index (χ0) is 28.6. The van der Waals surface area contributed by atoms with E-state index in [1.165, 1.54) is 12.1 Å². The van der Waals surface area contributed by atoms with E-state index < -0.39 is 10.0 Å². The van der Waals surface area contributed by atoms with Gasteiger partial charge in [-0.2, -0.15) is 4.98 Å². The van der Waals surface area contributed by atoms with Gasteiger partial charge in [0.05, 0.1) is 22.3 Å². The first kappa shape index (κ1) is 26.9. The summed E-state index contributed by atoms with van der Waals surface area (Å²) in [5, 5.41) is 0. The lowest BCUT2D eigenvalue weighted by atomic mass is 10.00. The van der Waals surface area contributed by atoms with Crippen LogP contribution in [0.2, 0.25) is 0 Å². The quantitative estimate of drug-likeness (QED) is 0.397. The van der Waals surface area contributed by atoms with E-state index in [4.69, 9.17) is 4.74 Å². The third-order valence-corrected chi connectivity index (χ3v) is 8.75. The van der Waals surface area contributed by atoms with Gasteiger partial charge in [-0.3, -0.25) is 14.7 Å². The van der Waals surface area contributed by atoms with E-state index in [1.54, 1.807) is 29.3 Å². The number of aryl methyl sites for hydroxylation is 2. The highest BCUT2D eigenvalue weighted by atomic mass is 32.2. The van der Waals surface area contributed by atoms with Crippen molar-refractivity contribution >= 4 is 21.9 Å². The van der Waals surface area contributed by atoms with Gasteiger partial charge < -0.3 is 9.64 Å². The summed E-state index contributed by atoms with van der Waals surface area (Å²) in [6, 6.07) is 19.2. The molecule has 1 fully saturated rings. The molecule has 2 aromatic heterocycles. The van der Waals surface area contributed by atoms with Crippen LogP contribution in [0.25, 0.3) is 11.3 Å². The van der Waals surface area contributed by atoms with Gasteiger partial charge in [0.2, 0.25) is 11.8 Å². The predicted molar refractivity (Wildman–Crippen MR) is 154 cm³/mol. The molecule has 0 unspecified atom stereocenters. The second-order valence-corrected chi connectivity index (χ2v) is 12.0.